The van der Waals surface area contributed by atoms with Gasteiger partial charge in [-0.2, -0.15) is 0 Å². The molecule has 2 aromatic carbocycles. The second kappa shape index (κ2) is 6.38. The van der Waals surface area contributed by atoms with E-state index >= 15 is 0 Å². The molecule has 0 amide bonds. The van der Waals surface area contributed by atoms with Crippen LogP contribution in [0.2, 0.25) is 0 Å². The number of rotatable bonds is 4. The summed E-state index contributed by atoms with van der Waals surface area (Å²) >= 11 is 0. The van der Waals surface area contributed by atoms with Gasteiger partial charge in [0.25, 0.3) is 0 Å². The number of hydrogen-bond acceptors (Lipinski definition) is 0. The Hall–Kier alpha value is -2.08. The first-order valence-electron chi connectivity index (χ1n) is 7.36. The first kappa shape index (κ1) is 12.9. The molecule has 0 N–H and O–H groups in total. The first-order chi connectivity index (χ1) is 9.90. The number of allylic oxidation sites excluding steroid dienone is 4. The third-order valence-electron chi connectivity index (χ3n) is 3.77. The Morgan fingerprint density at radius 3 is 2.25 bits per heavy atom. The van der Waals surface area contributed by atoms with Crippen molar-refractivity contribution in [2.24, 2.45) is 0 Å². The molecule has 1 aliphatic carbocycles. The predicted octanol–water partition coefficient (Wildman–Crippen LogP) is 5.10. The van der Waals surface area contributed by atoms with Crippen molar-refractivity contribution in [1.82, 2.24) is 0 Å². The zero-order valence-electron chi connectivity index (χ0n) is 11.8. The molecule has 0 heterocycles. The Labute approximate surface area is 121 Å². The monoisotopic (exact) mass is 260 g/mol. The summed E-state index contributed by atoms with van der Waals surface area (Å²) in [7, 11) is 0. The lowest BCUT2D eigenvalue weighted by molar-refractivity contribution is 0.910. The summed E-state index contributed by atoms with van der Waals surface area (Å²) in [6.07, 6.45) is 11.2. The maximum Gasteiger partial charge on any atom is -0.00257 e. The molecule has 0 unspecified atom stereocenters. The smallest absolute Gasteiger partial charge is 0.00257 e. The summed E-state index contributed by atoms with van der Waals surface area (Å²) in [5, 5.41) is 0. The molecule has 0 aromatic heterocycles. The van der Waals surface area contributed by atoms with Gasteiger partial charge in [0, 0.05) is 0 Å². The van der Waals surface area contributed by atoms with E-state index in [9.17, 15) is 0 Å². The van der Waals surface area contributed by atoms with Crippen LogP contribution in [0.3, 0.4) is 0 Å². The fraction of sp³-hybridized carbons (Fsp3) is 0.200. The van der Waals surface area contributed by atoms with Crippen molar-refractivity contribution >= 4 is 0 Å². The van der Waals surface area contributed by atoms with Gasteiger partial charge in [-0.15, -0.1) is 0 Å². The van der Waals surface area contributed by atoms with Gasteiger partial charge in [-0.1, -0.05) is 78.4 Å². The number of hydrogen-bond donors (Lipinski definition) is 0. The Morgan fingerprint density at radius 1 is 0.750 bits per heavy atom. The Bertz CT molecular complexity index is 617. The van der Waals surface area contributed by atoms with Crippen LogP contribution >= 0.6 is 0 Å². The molecule has 0 atom stereocenters. The molecule has 0 saturated carbocycles. The van der Waals surface area contributed by atoms with Crippen LogP contribution in [0.4, 0.5) is 0 Å². The van der Waals surface area contributed by atoms with Crippen molar-refractivity contribution in [3.8, 4) is 0 Å². The van der Waals surface area contributed by atoms with Crippen molar-refractivity contribution < 1.29 is 0 Å². The van der Waals surface area contributed by atoms with Gasteiger partial charge >= 0.3 is 0 Å². The molecule has 0 nitrogen and oxygen atoms in total. The van der Waals surface area contributed by atoms with Gasteiger partial charge < -0.3 is 0 Å². The summed E-state index contributed by atoms with van der Waals surface area (Å²) < 4.78 is 0. The van der Waals surface area contributed by atoms with E-state index in [2.05, 4.69) is 72.8 Å². The summed E-state index contributed by atoms with van der Waals surface area (Å²) in [5.74, 6) is 0. The highest BCUT2D eigenvalue weighted by Crippen LogP contribution is 2.19. The minimum atomic E-state index is 1.02. The Morgan fingerprint density at radius 2 is 1.50 bits per heavy atom. The highest BCUT2D eigenvalue weighted by Gasteiger charge is 2.03. The van der Waals surface area contributed by atoms with Crippen LogP contribution in [-0.4, -0.2) is 0 Å². The quantitative estimate of drug-likeness (QED) is 0.717. The fourth-order valence-corrected chi connectivity index (χ4v) is 2.74. The zero-order valence-corrected chi connectivity index (χ0v) is 11.8. The molecule has 0 radical (unpaired) electrons. The Kier molecular flexibility index (Phi) is 4.13. The average molecular weight is 260 g/mol. The van der Waals surface area contributed by atoms with Crippen LogP contribution < -0.4 is 0 Å². The molecule has 0 aliphatic heterocycles. The lowest BCUT2D eigenvalue weighted by Gasteiger charge is -2.10. The van der Waals surface area contributed by atoms with Gasteiger partial charge in [0.05, 0.1) is 0 Å². The second-order valence-electron chi connectivity index (χ2n) is 5.45. The predicted molar refractivity (Wildman–Crippen MR) is 85.9 cm³/mol. The molecular weight excluding hydrogens is 240 g/mol. The minimum absolute atomic E-state index is 1.02. The largest absolute Gasteiger partial charge is 0.0842 e. The van der Waals surface area contributed by atoms with Gasteiger partial charge in [-0.25, -0.2) is 0 Å². The molecule has 1 aliphatic rings. The van der Waals surface area contributed by atoms with E-state index in [4.69, 9.17) is 0 Å². The summed E-state index contributed by atoms with van der Waals surface area (Å²) in [6, 6.07) is 19.7. The first-order valence-corrected chi connectivity index (χ1v) is 7.36. The van der Waals surface area contributed by atoms with Crippen LogP contribution in [0.25, 0.3) is 0 Å². The van der Waals surface area contributed by atoms with Crippen LogP contribution in [0.15, 0.2) is 78.4 Å². The molecule has 0 bridgehead atoms. The van der Waals surface area contributed by atoms with Gasteiger partial charge in [-0.05, 0) is 42.4 Å². The third-order valence-corrected chi connectivity index (χ3v) is 3.77. The van der Waals surface area contributed by atoms with Gasteiger partial charge in [0.1, 0.15) is 0 Å². The topological polar surface area (TPSA) is 0 Å². The van der Waals surface area contributed by atoms with Crippen molar-refractivity contribution in [3.63, 3.8) is 0 Å². The lowest BCUT2D eigenvalue weighted by atomic mass is 9.95. The van der Waals surface area contributed by atoms with Crippen molar-refractivity contribution in [2.75, 3.05) is 0 Å². The summed E-state index contributed by atoms with van der Waals surface area (Å²) in [6.45, 7) is 0. The minimum Gasteiger partial charge on any atom is -0.0842 e. The molecule has 3 rings (SSSR count). The maximum absolute atomic E-state index is 2.35. The van der Waals surface area contributed by atoms with E-state index in [0.717, 1.165) is 12.8 Å². The lowest BCUT2D eigenvalue weighted by Crippen LogP contribution is -1.95. The highest BCUT2D eigenvalue weighted by atomic mass is 14.1. The molecule has 0 saturated heterocycles. The van der Waals surface area contributed by atoms with Crippen molar-refractivity contribution in [1.29, 1.82) is 0 Å². The van der Waals surface area contributed by atoms with E-state index in [0.29, 0.717) is 0 Å². The summed E-state index contributed by atoms with van der Waals surface area (Å²) in [5.41, 5.74) is 5.76. The highest BCUT2D eigenvalue weighted by molar-refractivity contribution is 5.32. The van der Waals surface area contributed by atoms with Crippen molar-refractivity contribution in [2.45, 2.75) is 25.7 Å². The number of benzene rings is 2. The third kappa shape index (κ3) is 3.48. The Balaban J connectivity index is 1.72. The zero-order chi connectivity index (χ0) is 13.6. The molecule has 0 heteroatoms. The molecule has 20 heavy (non-hydrogen) atoms. The van der Waals surface area contributed by atoms with Crippen LogP contribution in [0.1, 0.15) is 29.5 Å². The van der Waals surface area contributed by atoms with Crippen LogP contribution in [0, 0.1) is 0 Å². The van der Waals surface area contributed by atoms with Gasteiger partial charge in [-0.3, -0.25) is 0 Å². The maximum atomic E-state index is 2.35. The van der Waals surface area contributed by atoms with E-state index in [1.807, 2.05) is 0 Å². The molecule has 0 spiro atoms. The molecule has 0 fully saturated rings. The SMILES string of the molecule is C1=CCCC(Cc2cccc(Cc3ccccc3)c2)=C1. The van der Waals surface area contributed by atoms with Crippen molar-refractivity contribution in [3.05, 3.63) is 95.1 Å². The second-order valence-corrected chi connectivity index (χ2v) is 5.45. The standard InChI is InChI=1S/C20H20/c1-3-8-17(9-4-1)14-19-12-7-13-20(16-19)15-18-10-5-2-6-11-18/h1-5,7-10,12-13,16H,6,11,14-15H2. The summed E-state index contributed by atoms with van der Waals surface area (Å²) in [4.78, 5) is 0. The average Bonchev–Trinajstić information content (AvgIpc) is 2.50. The van der Waals surface area contributed by atoms with Gasteiger partial charge in [0.15, 0.2) is 0 Å². The normalized spacial score (nSPS) is 14.1. The molecular formula is C20H20. The fourth-order valence-electron chi connectivity index (χ4n) is 2.74. The molecule has 100 valence electrons. The van der Waals surface area contributed by atoms with Crippen LogP contribution in [0.5, 0.6) is 0 Å². The van der Waals surface area contributed by atoms with Crippen LogP contribution in [-0.2, 0) is 12.8 Å². The van der Waals surface area contributed by atoms with E-state index in [1.165, 1.54) is 29.5 Å². The van der Waals surface area contributed by atoms with E-state index < -0.39 is 0 Å². The van der Waals surface area contributed by atoms with E-state index in [1.54, 1.807) is 5.57 Å². The van der Waals surface area contributed by atoms with E-state index in [-0.39, 0.29) is 0 Å². The molecule has 2 aromatic rings. The van der Waals surface area contributed by atoms with Gasteiger partial charge in [0.2, 0.25) is 0 Å².